The van der Waals surface area contributed by atoms with Crippen LogP contribution in [0, 0.1) is 17.8 Å². The first-order valence-corrected chi connectivity index (χ1v) is 5.12. The summed E-state index contributed by atoms with van der Waals surface area (Å²) in [6.07, 6.45) is 5.21. The van der Waals surface area contributed by atoms with Crippen LogP contribution in [0.2, 0.25) is 0 Å². The molecule has 1 radical (unpaired) electrons. The van der Waals surface area contributed by atoms with Gasteiger partial charge in [-0.15, -0.1) is 0 Å². The zero-order chi connectivity index (χ0) is 9.83. The van der Waals surface area contributed by atoms with Gasteiger partial charge in [0.05, 0.1) is 0 Å². The van der Waals surface area contributed by atoms with Crippen molar-refractivity contribution in [3.8, 4) is 0 Å². The topological polar surface area (TPSA) is 0 Å². The van der Waals surface area contributed by atoms with Gasteiger partial charge in [-0.2, -0.15) is 0 Å². The Bertz CT molecular complexity index is 114. The minimum atomic E-state index is 0.233. The van der Waals surface area contributed by atoms with E-state index in [1.165, 1.54) is 25.7 Å². The van der Waals surface area contributed by atoms with Crippen molar-refractivity contribution in [2.75, 3.05) is 0 Å². The molecule has 0 bridgehead atoms. The van der Waals surface area contributed by atoms with Crippen LogP contribution in [0.4, 0.5) is 0 Å². The third-order valence-corrected chi connectivity index (χ3v) is 2.16. The van der Waals surface area contributed by atoms with Crippen LogP contribution in [0.3, 0.4) is 0 Å². The second-order valence-corrected chi connectivity index (χ2v) is 5.61. The smallest absolute Gasteiger partial charge is 0.0349 e. The molecular formula is C12H25. The molecule has 0 amide bonds. The number of hydrogen-bond acceptors (Lipinski definition) is 0. The number of hydrogen-bond donors (Lipinski definition) is 0. The molecule has 0 aromatic heterocycles. The predicted octanol–water partition coefficient (Wildman–Crippen LogP) is 4.45. The van der Waals surface area contributed by atoms with Gasteiger partial charge >= 0.3 is 0 Å². The van der Waals surface area contributed by atoms with E-state index in [1.54, 1.807) is 0 Å². The summed E-state index contributed by atoms with van der Waals surface area (Å²) in [7, 11) is 0. The zero-order valence-electron chi connectivity index (χ0n) is 9.54. The molecule has 0 spiro atoms. The van der Waals surface area contributed by atoms with Crippen molar-refractivity contribution in [3.63, 3.8) is 0 Å². The summed E-state index contributed by atoms with van der Waals surface area (Å²) in [6, 6.07) is 0. The second kappa shape index (κ2) is 4.30. The maximum Gasteiger partial charge on any atom is -0.0349 e. The highest BCUT2D eigenvalue weighted by Gasteiger charge is 2.24. The van der Waals surface area contributed by atoms with Gasteiger partial charge in [-0.3, -0.25) is 0 Å². The van der Waals surface area contributed by atoms with Crippen LogP contribution < -0.4 is 0 Å². The van der Waals surface area contributed by atoms with E-state index in [1.807, 2.05) is 0 Å². The molecule has 0 aromatic rings. The fourth-order valence-electron chi connectivity index (χ4n) is 2.04. The Morgan fingerprint density at radius 2 is 1.58 bits per heavy atom. The summed E-state index contributed by atoms with van der Waals surface area (Å²) in [5, 5.41) is 0. The zero-order valence-corrected chi connectivity index (χ0v) is 9.54. The summed E-state index contributed by atoms with van der Waals surface area (Å²) in [4.78, 5) is 0. The Labute approximate surface area is 78.8 Å². The molecule has 73 valence electrons. The van der Waals surface area contributed by atoms with E-state index in [4.69, 9.17) is 0 Å². The summed E-state index contributed by atoms with van der Waals surface area (Å²) in [5.74, 6) is 0. The molecule has 0 heterocycles. The summed E-state index contributed by atoms with van der Waals surface area (Å²) in [6.45, 7) is 15.6. The average molecular weight is 169 g/mol. The third-order valence-electron chi connectivity index (χ3n) is 2.16. The van der Waals surface area contributed by atoms with Crippen LogP contribution in [-0.2, 0) is 0 Å². The highest BCUT2D eigenvalue weighted by molar-refractivity contribution is 4.80. The minimum absolute atomic E-state index is 0.233. The van der Waals surface area contributed by atoms with Gasteiger partial charge in [0.15, 0.2) is 0 Å². The van der Waals surface area contributed by atoms with Crippen LogP contribution in [0.1, 0.15) is 60.3 Å². The summed E-state index contributed by atoms with van der Waals surface area (Å²) in [5.41, 5.74) is 0.707. The third kappa shape index (κ3) is 6.69. The summed E-state index contributed by atoms with van der Waals surface area (Å²) < 4.78 is 0. The highest BCUT2D eigenvalue weighted by atomic mass is 14.3. The van der Waals surface area contributed by atoms with Crippen molar-refractivity contribution in [1.82, 2.24) is 0 Å². The van der Waals surface area contributed by atoms with E-state index in [2.05, 4.69) is 41.5 Å². The van der Waals surface area contributed by atoms with Crippen molar-refractivity contribution in [3.05, 3.63) is 6.92 Å². The Morgan fingerprint density at radius 3 is 1.92 bits per heavy atom. The van der Waals surface area contributed by atoms with Gasteiger partial charge in [-0.1, -0.05) is 47.5 Å². The van der Waals surface area contributed by atoms with Crippen molar-refractivity contribution in [2.24, 2.45) is 10.8 Å². The van der Waals surface area contributed by atoms with E-state index in [9.17, 15) is 0 Å². The lowest BCUT2D eigenvalue weighted by Gasteiger charge is -2.32. The molecule has 0 unspecified atom stereocenters. The SMILES string of the molecule is [CH2]C(C)(C)CC(C)(C)CCCC. The van der Waals surface area contributed by atoms with E-state index in [-0.39, 0.29) is 5.41 Å². The molecule has 0 saturated heterocycles. The molecule has 0 fully saturated rings. The normalized spacial score (nSPS) is 13.5. The first-order chi connectivity index (χ1) is 5.27. The monoisotopic (exact) mass is 169 g/mol. The molecule has 0 nitrogen and oxygen atoms in total. The molecule has 0 atom stereocenters. The standard InChI is InChI=1S/C12H25/c1-7-8-9-12(5,6)10-11(2,3)4/h2,7-10H2,1,3-6H3. The first kappa shape index (κ1) is 12.0. The predicted molar refractivity (Wildman–Crippen MR) is 57.1 cm³/mol. The molecule has 0 aliphatic rings. The molecule has 0 N–H and O–H groups in total. The molecule has 0 rings (SSSR count). The minimum Gasteiger partial charge on any atom is -0.0654 e. The van der Waals surface area contributed by atoms with Gasteiger partial charge < -0.3 is 0 Å². The Hall–Kier alpha value is 0. The second-order valence-electron chi connectivity index (χ2n) is 5.61. The van der Waals surface area contributed by atoms with E-state index in [0.29, 0.717) is 5.41 Å². The van der Waals surface area contributed by atoms with Crippen LogP contribution in [-0.4, -0.2) is 0 Å². The summed E-state index contributed by atoms with van der Waals surface area (Å²) >= 11 is 0. The van der Waals surface area contributed by atoms with Crippen LogP contribution in [0.5, 0.6) is 0 Å². The lowest BCUT2D eigenvalue weighted by molar-refractivity contribution is 0.214. The van der Waals surface area contributed by atoms with Crippen LogP contribution in [0.15, 0.2) is 0 Å². The van der Waals surface area contributed by atoms with Crippen molar-refractivity contribution in [1.29, 1.82) is 0 Å². The molecule has 0 heteroatoms. The highest BCUT2D eigenvalue weighted by Crippen LogP contribution is 2.36. The molecule has 0 saturated carbocycles. The Kier molecular flexibility index (Phi) is 4.30. The molecule has 0 aliphatic heterocycles. The molecule has 0 aromatic carbocycles. The van der Waals surface area contributed by atoms with Gasteiger partial charge in [0.25, 0.3) is 0 Å². The van der Waals surface area contributed by atoms with Gasteiger partial charge in [-0.25, -0.2) is 0 Å². The van der Waals surface area contributed by atoms with Crippen LogP contribution >= 0.6 is 0 Å². The maximum atomic E-state index is 4.16. The van der Waals surface area contributed by atoms with Gasteiger partial charge in [0.1, 0.15) is 0 Å². The van der Waals surface area contributed by atoms with E-state index >= 15 is 0 Å². The fraction of sp³-hybridized carbons (Fsp3) is 0.917. The Balaban J connectivity index is 3.86. The van der Waals surface area contributed by atoms with E-state index < -0.39 is 0 Å². The lowest BCUT2D eigenvalue weighted by atomic mass is 9.74. The van der Waals surface area contributed by atoms with Crippen LogP contribution in [0.25, 0.3) is 0 Å². The van der Waals surface area contributed by atoms with Gasteiger partial charge in [-0.05, 0) is 30.6 Å². The van der Waals surface area contributed by atoms with Crippen molar-refractivity contribution >= 4 is 0 Å². The quantitative estimate of drug-likeness (QED) is 0.570. The average Bonchev–Trinajstić information content (AvgIpc) is 1.78. The van der Waals surface area contributed by atoms with E-state index in [0.717, 1.165) is 0 Å². The molecular weight excluding hydrogens is 144 g/mol. The van der Waals surface area contributed by atoms with Gasteiger partial charge in [0.2, 0.25) is 0 Å². The maximum absolute atomic E-state index is 4.16. The number of rotatable bonds is 5. The fourth-order valence-corrected chi connectivity index (χ4v) is 2.04. The number of unbranched alkanes of at least 4 members (excludes halogenated alkanes) is 1. The van der Waals surface area contributed by atoms with Crippen molar-refractivity contribution < 1.29 is 0 Å². The Morgan fingerprint density at radius 1 is 1.08 bits per heavy atom. The lowest BCUT2D eigenvalue weighted by Crippen LogP contribution is -2.20. The largest absolute Gasteiger partial charge is 0.0654 e. The van der Waals surface area contributed by atoms with Crippen molar-refractivity contribution in [2.45, 2.75) is 60.3 Å². The first-order valence-electron chi connectivity index (χ1n) is 5.12. The van der Waals surface area contributed by atoms with Gasteiger partial charge in [0, 0.05) is 0 Å². The molecule has 0 aliphatic carbocycles. The molecule has 12 heavy (non-hydrogen) atoms.